The van der Waals surface area contributed by atoms with E-state index in [1.807, 2.05) is 0 Å². The number of amides is 2. The first-order chi connectivity index (χ1) is 14.6. The maximum absolute atomic E-state index is 12.1. The van der Waals surface area contributed by atoms with Gasteiger partial charge in [0.1, 0.15) is 5.54 Å². The molecule has 0 atom stereocenters. The lowest BCUT2D eigenvalue weighted by Crippen LogP contribution is -2.45. The van der Waals surface area contributed by atoms with Crippen LogP contribution in [0.1, 0.15) is 70.0 Å². The van der Waals surface area contributed by atoms with Gasteiger partial charge in [-0.2, -0.15) is 4.98 Å². The fraction of sp³-hybridized carbons (Fsp3) is 0.810. The highest BCUT2D eigenvalue weighted by Crippen LogP contribution is 2.34. The molecule has 2 fully saturated rings. The summed E-state index contributed by atoms with van der Waals surface area (Å²) in [4.78, 5) is 30.8. The summed E-state index contributed by atoms with van der Waals surface area (Å²) in [5.74, 6) is 0.894. The van der Waals surface area contributed by atoms with Crippen LogP contribution in [0.15, 0.2) is 4.52 Å². The summed E-state index contributed by atoms with van der Waals surface area (Å²) in [6.45, 7) is 6.68. The number of aryl methyl sites for hydroxylation is 1. The maximum atomic E-state index is 12.1. The second-order valence-corrected chi connectivity index (χ2v) is 8.35. The molecule has 1 aromatic heterocycles. The summed E-state index contributed by atoms with van der Waals surface area (Å²) in [5, 5.41) is 10.2. The van der Waals surface area contributed by atoms with Gasteiger partial charge in [-0.05, 0) is 25.8 Å². The first kappa shape index (κ1) is 22.7. The highest BCUT2D eigenvalue weighted by atomic mass is 16.5. The van der Waals surface area contributed by atoms with Crippen LogP contribution in [0.2, 0.25) is 0 Å². The van der Waals surface area contributed by atoms with Crippen LogP contribution < -0.4 is 10.6 Å². The van der Waals surface area contributed by atoms with Crippen LogP contribution in [0.25, 0.3) is 0 Å². The van der Waals surface area contributed by atoms with Crippen molar-refractivity contribution in [1.29, 1.82) is 0 Å². The Hall–Kier alpha value is -2.00. The third-order valence-corrected chi connectivity index (χ3v) is 5.91. The largest absolute Gasteiger partial charge is 0.379 e. The molecular weight excluding hydrogens is 386 g/mol. The fourth-order valence-electron chi connectivity index (χ4n) is 4.29. The normalized spacial score (nSPS) is 19.8. The zero-order valence-electron chi connectivity index (χ0n) is 18.1. The highest BCUT2D eigenvalue weighted by molar-refractivity contribution is 5.76. The first-order valence-electron chi connectivity index (χ1n) is 11.3. The third-order valence-electron chi connectivity index (χ3n) is 5.91. The van der Waals surface area contributed by atoms with E-state index in [0.29, 0.717) is 31.1 Å². The van der Waals surface area contributed by atoms with Gasteiger partial charge in [-0.1, -0.05) is 30.8 Å². The van der Waals surface area contributed by atoms with Gasteiger partial charge in [-0.25, -0.2) is 0 Å². The monoisotopic (exact) mass is 421 g/mol. The number of nitrogens with zero attached hydrogens (tertiary/aromatic N) is 3. The Morgan fingerprint density at radius 2 is 1.87 bits per heavy atom. The molecule has 2 N–H and O–H groups in total. The summed E-state index contributed by atoms with van der Waals surface area (Å²) < 4.78 is 10.7. The number of nitrogens with one attached hydrogen (secondary N) is 2. The number of rotatable bonds is 9. The molecule has 168 valence electrons. The lowest BCUT2D eigenvalue weighted by Gasteiger charge is -2.30. The smallest absolute Gasteiger partial charge is 0.227 e. The lowest BCUT2D eigenvalue weighted by molar-refractivity contribution is -0.122. The predicted octanol–water partition coefficient (Wildman–Crippen LogP) is 1.53. The number of aromatic nitrogens is 2. The van der Waals surface area contributed by atoms with E-state index in [-0.39, 0.29) is 11.8 Å². The van der Waals surface area contributed by atoms with E-state index in [0.717, 1.165) is 77.8 Å². The van der Waals surface area contributed by atoms with Crippen LogP contribution >= 0.6 is 0 Å². The van der Waals surface area contributed by atoms with Crippen molar-refractivity contribution in [2.45, 2.75) is 70.3 Å². The van der Waals surface area contributed by atoms with Gasteiger partial charge in [0.2, 0.25) is 17.7 Å². The van der Waals surface area contributed by atoms with Crippen LogP contribution in [0.5, 0.6) is 0 Å². The summed E-state index contributed by atoms with van der Waals surface area (Å²) in [6, 6.07) is 0. The molecule has 2 aliphatic rings. The van der Waals surface area contributed by atoms with E-state index in [4.69, 9.17) is 9.26 Å². The molecule has 1 saturated carbocycles. The number of ether oxygens (including phenoxy) is 1. The Morgan fingerprint density at radius 3 is 2.57 bits per heavy atom. The van der Waals surface area contributed by atoms with Crippen LogP contribution in [0.3, 0.4) is 0 Å². The molecule has 0 aromatic carbocycles. The molecule has 0 radical (unpaired) electrons. The molecule has 9 nitrogen and oxygen atoms in total. The van der Waals surface area contributed by atoms with Crippen molar-refractivity contribution in [2.75, 3.05) is 39.4 Å². The highest BCUT2D eigenvalue weighted by Gasteiger charge is 2.38. The molecule has 3 rings (SSSR count). The van der Waals surface area contributed by atoms with Crippen LogP contribution in [0.4, 0.5) is 0 Å². The van der Waals surface area contributed by atoms with Crippen LogP contribution in [-0.4, -0.2) is 66.2 Å². The predicted molar refractivity (Wildman–Crippen MR) is 111 cm³/mol. The lowest BCUT2D eigenvalue weighted by atomic mass is 9.89. The SMILES string of the molecule is CC(=O)NC1(c2noc(CCC(=O)NCCCN3CCOCC3)n2)CCCCCC1. The van der Waals surface area contributed by atoms with Gasteiger partial charge in [-0.3, -0.25) is 14.5 Å². The molecule has 1 aliphatic heterocycles. The molecule has 0 unspecified atom stereocenters. The molecule has 30 heavy (non-hydrogen) atoms. The van der Waals surface area contributed by atoms with Crippen molar-refractivity contribution in [3.05, 3.63) is 11.7 Å². The Bertz CT molecular complexity index is 679. The van der Waals surface area contributed by atoms with Gasteiger partial charge in [0.05, 0.1) is 13.2 Å². The van der Waals surface area contributed by atoms with Crippen molar-refractivity contribution in [1.82, 2.24) is 25.7 Å². The molecule has 0 bridgehead atoms. The van der Waals surface area contributed by atoms with Gasteiger partial charge in [0.15, 0.2) is 5.82 Å². The Kier molecular flexibility index (Phi) is 8.62. The average Bonchev–Trinajstić information content (AvgIpc) is 3.10. The first-order valence-corrected chi connectivity index (χ1v) is 11.3. The van der Waals surface area contributed by atoms with Crippen molar-refractivity contribution in [3.63, 3.8) is 0 Å². The van der Waals surface area contributed by atoms with E-state index in [1.54, 1.807) is 0 Å². The van der Waals surface area contributed by atoms with E-state index < -0.39 is 5.54 Å². The van der Waals surface area contributed by atoms with Gasteiger partial charge in [0, 0.05) is 39.4 Å². The topological polar surface area (TPSA) is 110 Å². The standard InChI is InChI=1S/C21H35N5O4/c1-17(27)24-21(9-4-2-3-5-10-21)20-23-19(30-25-20)8-7-18(28)22-11-6-12-26-13-15-29-16-14-26/h2-16H2,1H3,(H,22,28)(H,24,27). The molecular formula is C21H35N5O4. The number of hydrogen-bond donors (Lipinski definition) is 2. The summed E-state index contributed by atoms with van der Waals surface area (Å²) in [5.41, 5.74) is -0.550. The fourth-order valence-corrected chi connectivity index (χ4v) is 4.29. The van der Waals surface area contributed by atoms with Crippen molar-refractivity contribution < 1.29 is 18.8 Å². The van der Waals surface area contributed by atoms with Gasteiger partial charge < -0.3 is 19.9 Å². The van der Waals surface area contributed by atoms with Crippen molar-refractivity contribution in [3.8, 4) is 0 Å². The van der Waals surface area contributed by atoms with E-state index in [1.165, 1.54) is 6.92 Å². The Balaban J connectivity index is 1.43. The van der Waals surface area contributed by atoms with E-state index >= 15 is 0 Å². The van der Waals surface area contributed by atoms with Crippen molar-refractivity contribution in [2.24, 2.45) is 0 Å². The maximum Gasteiger partial charge on any atom is 0.227 e. The quantitative estimate of drug-likeness (QED) is 0.460. The number of morpholine rings is 1. The molecule has 9 heteroatoms. The van der Waals surface area contributed by atoms with Crippen LogP contribution in [0, 0.1) is 0 Å². The summed E-state index contributed by atoms with van der Waals surface area (Å²) >= 11 is 0. The second-order valence-electron chi connectivity index (χ2n) is 8.35. The summed E-state index contributed by atoms with van der Waals surface area (Å²) in [7, 11) is 0. The molecule has 1 saturated heterocycles. The second kappa shape index (κ2) is 11.4. The Labute approximate surface area is 178 Å². The van der Waals surface area contributed by atoms with E-state index in [2.05, 4.69) is 25.7 Å². The van der Waals surface area contributed by atoms with Gasteiger partial charge in [0.25, 0.3) is 0 Å². The molecule has 2 amide bonds. The van der Waals surface area contributed by atoms with Crippen molar-refractivity contribution >= 4 is 11.8 Å². The third kappa shape index (κ3) is 6.77. The Morgan fingerprint density at radius 1 is 1.13 bits per heavy atom. The molecule has 0 spiro atoms. The average molecular weight is 422 g/mol. The molecule has 1 aromatic rings. The minimum Gasteiger partial charge on any atom is -0.379 e. The van der Waals surface area contributed by atoms with Crippen LogP contribution in [-0.2, 0) is 26.3 Å². The zero-order valence-corrected chi connectivity index (χ0v) is 18.1. The number of carbonyl (C=O) groups is 2. The minimum atomic E-state index is -0.550. The molecule has 2 heterocycles. The minimum absolute atomic E-state index is 0.0113. The number of carbonyl (C=O) groups excluding carboxylic acids is 2. The zero-order chi connectivity index (χ0) is 21.2. The van der Waals surface area contributed by atoms with E-state index in [9.17, 15) is 9.59 Å². The van der Waals surface area contributed by atoms with Gasteiger partial charge >= 0.3 is 0 Å². The van der Waals surface area contributed by atoms with Gasteiger partial charge in [-0.15, -0.1) is 0 Å². The molecule has 1 aliphatic carbocycles. The summed E-state index contributed by atoms with van der Waals surface area (Å²) in [6.07, 6.45) is 7.62. The number of hydrogen-bond acceptors (Lipinski definition) is 7.